The zero-order chi connectivity index (χ0) is 19.4. The first kappa shape index (κ1) is 18.5. The van der Waals surface area contributed by atoms with Gasteiger partial charge in [0.05, 0.1) is 0 Å². The van der Waals surface area contributed by atoms with Crippen LogP contribution in [0.3, 0.4) is 0 Å². The zero-order valence-corrected chi connectivity index (χ0v) is 14.3. The molecule has 0 aromatic heterocycles. The molecule has 1 heterocycles. The monoisotopic (exact) mass is 373 g/mol. The Balaban J connectivity index is 1.55. The van der Waals surface area contributed by atoms with Gasteiger partial charge in [-0.3, -0.25) is 14.4 Å². The van der Waals surface area contributed by atoms with E-state index in [0.717, 1.165) is 0 Å². The van der Waals surface area contributed by atoms with Crippen LogP contribution in [0.2, 0.25) is 0 Å². The fourth-order valence-corrected chi connectivity index (χ4v) is 2.73. The van der Waals surface area contributed by atoms with Crippen molar-refractivity contribution in [1.29, 1.82) is 0 Å². The van der Waals surface area contributed by atoms with Gasteiger partial charge < -0.3 is 15.1 Å². The lowest BCUT2D eigenvalue weighted by Crippen LogP contribution is -2.55. The van der Waals surface area contributed by atoms with Crippen molar-refractivity contribution >= 4 is 23.4 Å². The molecular weight excluding hydrogens is 356 g/mol. The summed E-state index contributed by atoms with van der Waals surface area (Å²) in [6.45, 7) is 0.404. The second-order valence-corrected chi connectivity index (χ2v) is 6.13. The van der Waals surface area contributed by atoms with E-state index in [1.807, 2.05) is 0 Å². The Bertz CT molecular complexity index is 854. The van der Waals surface area contributed by atoms with Gasteiger partial charge >= 0.3 is 11.8 Å². The summed E-state index contributed by atoms with van der Waals surface area (Å²) in [5.74, 6) is -2.75. The first-order chi connectivity index (χ1) is 12.9. The molecule has 0 radical (unpaired) electrons. The number of carbonyl (C=O) groups is 3. The van der Waals surface area contributed by atoms with Crippen molar-refractivity contribution in [2.45, 2.75) is 6.54 Å². The van der Waals surface area contributed by atoms with E-state index in [1.165, 1.54) is 46.2 Å². The predicted octanol–water partition coefficient (Wildman–Crippen LogP) is 1.77. The highest BCUT2D eigenvalue weighted by Gasteiger charge is 2.33. The highest BCUT2D eigenvalue weighted by molar-refractivity contribution is 6.35. The highest BCUT2D eigenvalue weighted by atomic mass is 19.1. The zero-order valence-electron chi connectivity index (χ0n) is 14.3. The molecule has 2 aromatic rings. The summed E-state index contributed by atoms with van der Waals surface area (Å²) in [7, 11) is 0. The molecule has 6 nitrogen and oxygen atoms in total. The van der Waals surface area contributed by atoms with Gasteiger partial charge in [-0.25, -0.2) is 8.78 Å². The van der Waals surface area contributed by atoms with Crippen LogP contribution in [0.25, 0.3) is 0 Å². The number of nitrogens with zero attached hydrogens (tertiary/aromatic N) is 2. The molecule has 27 heavy (non-hydrogen) atoms. The highest BCUT2D eigenvalue weighted by Crippen LogP contribution is 2.12. The van der Waals surface area contributed by atoms with Crippen LogP contribution in [-0.2, 0) is 20.9 Å². The van der Waals surface area contributed by atoms with Crippen LogP contribution in [0.1, 0.15) is 5.56 Å². The first-order valence-corrected chi connectivity index (χ1v) is 8.30. The maximum Gasteiger partial charge on any atom is 0.312 e. The van der Waals surface area contributed by atoms with E-state index in [1.54, 1.807) is 12.1 Å². The van der Waals surface area contributed by atoms with E-state index in [-0.39, 0.29) is 32.0 Å². The molecule has 1 aliphatic heterocycles. The summed E-state index contributed by atoms with van der Waals surface area (Å²) in [4.78, 5) is 39.1. The number of hydrogen-bond acceptors (Lipinski definition) is 3. The smallest absolute Gasteiger partial charge is 0.312 e. The fourth-order valence-electron chi connectivity index (χ4n) is 2.73. The van der Waals surface area contributed by atoms with Crippen molar-refractivity contribution in [2.75, 3.05) is 25.0 Å². The molecule has 1 fully saturated rings. The van der Waals surface area contributed by atoms with Gasteiger partial charge in [0.2, 0.25) is 5.91 Å². The largest absolute Gasteiger partial charge is 0.328 e. The molecule has 3 rings (SSSR count). The van der Waals surface area contributed by atoms with Crippen LogP contribution in [-0.4, -0.2) is 47.2 Å². The number of hydrogen-bond donors (Lipinski definition) is 1. The Hall–Kier alpha value is -3.29. The standard InChI is InChI=1S/C19H17F2N3O3/c20-14-3-1-13(2-4-14)11-23-9-10-24(19(27)18(23)26)12-17(25)22-16-7-5-15(21)6-8-16/h1-8H,9-12H2,(H,22,25). The van der Waals surface area contributed by atoms with Crippen LogP contribution in [0.5, 0.6) is 0 Å². The van der Waals surface area contributed by atoms with Crippen molar-refractivity contribution in [3.05, 3.63) is 65.7 Å². The van der Waals surface area contributed by atoms with Crippen LogP contribution in [0.15, 0.2) is 48.5 Å². The van der Waals surface area contributed by atoms with Gasteiger partial charge in [0.25, 0.3) is 0 Å². The minimum absolute atomic E-state index is 0.195. The SMILES string of the molecule is O=C(CN1CCN(Cc2ccc(F)cc2)C(=O)C1=O)Nc1ccc(F)cc1. The molecule has 1 saturated heterocycles. The summed E-state index contributed by atoms with van der Waals surface area (Å²) in [6.07, 6.45) is 0. The first-order valence-electron chi connectivity index (χ1n) is 8.30. The lowest BCUT2D eigenvalue weighted by Gasteiger charge is -2.33. The molecule has 0 bridgehead atoms. The average molecular weight is 373 g/mol. The van der Waals surface area contributed by atoms with Crippen molar-refractivity contribution in [3.63, 3.8) is 0 Å². The van der Waals surface area contributed by atoms with E-state index < -0.39 is 23.5 Å². The lowest BCUT2D eigenvalue weighted by molar-refractivity contribution is -0.157. The van der Waals surface area contributed by atoms with Gasteiger partial charge in [-0.1, -0.05) is 12.1 Å². The summed E-state index contributed by atoms with van der Waals surface area (Å²) in [5.41, 5.74) is 1.11. The van der Waals surface area contributed by atoms with E-state index in [4.69, 9.17) is 0 Å². The van der Waals surface area contributed by atoms with Gasteiger partial charge in [0, 0.05) is 25.3 Å². The Morgan fingerprint density at radius 3 is 2.00 bits per heavy atom. The third kappa shape index (κ3) is 4.66. The third-order valence-corrected chi connectivity index (χ3v) is 4.15. The number of nitrogens with one attached hydrogen (secondary N) is 1. The number of piperazine rings is 1. The molecule has 0 unspecified atom stereocenters. The van der Waals surface area contributed by atoms with E-state index in [2.05, 4.69) is 5.32 Å². The summed E-state index contributed by atoms with van der Waals surface area (Å²) in [6, 6.07) is 10.9. The van der Waals surface area contributed by atoms with Gasteiger partial charge in [-0.05, 0) is 42.0 Å². The normalized spacial score (nSPS) is 14.4. The van der Waals surface area contributed by atoms with Crippen molar-refractivity contribution < 1.29 is 23.2 Å². The van der Waals surface area contributed by atoms with E-state index >= 15 is 0 Å². The summed E-state index contributed by atoms with van der Waals surface area (Å²) < 4.78 is 25.8. The van der Waals surface area contributed by atoms with Gasteiger partial charge in [0.15, 0.2) is 0 Å². The Morgan fingerprint density at radius 1 is 0.852 bits per heavy atom. The Kier molecular flexibility index (Phi) is 5.44. The number of halogens is 2. The third-order valence-electron chi connectivity index (χ3n) is 4.15. The molecule has 0 atom stereocenters. The molecule has 0 spiro atoms. The van der Waals surface area contributed by atoms with Gasteiger partial charge in [-0.15, -0.1) is 0 Å². The second-order valence-electron chi connectivity index (χ2n) is 6.13. The number of benzene rings is 2. The fraction of sp³-hybridized carbons (Fsp3) is 0.211. The van der Waals surface area contributed by atoms with Crippen LogP contribution in [0.4, 0.5) is 14.5 Å². The van der Waals surface area contributed by atoms with Crippen molar-refractivity contribution in [1.82, 2.24) is 9.80 Å². The number of carbonyl (C=O) groups excluding carboxylic acids is 3. The van der Waals surface area contributed by atoms with Crippen LogP contribution >= 0.6 is 0 Å². The predicted molar refractivity (Wildman–Crippen MR) is 93.4 cm³/mol. The van der Waals surface area contributed by atoms with Crippen molar-refractivity contribution in [3.8, 4) is 0 Å². The van der Waals surface area contributed by atoms with E-state index in [0.29, 0.717) is 11.3 Å². The quantitative estimate of drug-likeness (QED) is 0.813. The minimum atomic E-state index is -0.766. The molecule has 3 amide bonds. The molecule has 1 aliphatic rings. The van der Waals surface area contributed by atoms with Gasteiger partial charge in [-0.2, -0.15) is 0 Å². The molecule has 0 aliphatic carbocycles. The topological polar surface area (TPSA) is 69.7 Å². The maximum absolute atomic E-state index is 13.0. The molecule has 8 heteroatoms. The number of amides is 3. The molecule has 2 aromatic carbocycles. The van der Waals surface area contributed by atoms with E-state index in [9.17, 15) is 23.2 Å². The average Bonchev–Trinajstić information content (AvgIpc) is 2.65. The molecule has 0 saturated carbocycles. The van der Waals surface area contributed by atoms with Crippen LogP contribution < -0.4 is 5.32 Å². The Morgan fingerprint density at radius 2 is 1.37 bits per heavy atom. The molecular formula is C19H17F2N3O3. The van der Waals surface area contributed by atoms with Gasteiger partial charge in [0.1, 0.15) is 18.2 Å². The molecule has 140 valence electrons. The second kappa shape index (κ2) is 7.94. The minimum Gasteiger partial charge on any atom is -0.328 e. The Labute approximate surface area is 154 Å². The number of rotatable bonds is 5. The summed E-state index contributed by atoms with van der Waals surface area (Å²) >= 11 is 0. The molecule has 1 N–H and O–H groups in total. The van der Waals surface area contributed by atoms with Crippen molar-refractivity contribution in [2.24, 2.45) is 0 Å². The summed E-state index contributed by atoms with van der Waals surface area (Å²) in [5, 5.41) is 2.55. The lowest BCUT2D eigenvalue weighted by atomic mass is 10.2. The maximum atomic E-state index is 13.0. The van der Waals surface area contributed by atoms with Crippen LogP contribution in [0, 0.1) is 11.6 Å². The number of anilines is 1.